The van der Waals surface area contributed by atoms with Crippen LogP contribution in [0.3, 0.4) is 0 Å². The van der Waals surface area contributed by atoms with Gasteiger partial charge in [0.25, 0.3) is 0 Å². The van der Waals surface area contributed by atoms with Crippen LogP contribution in [0, 0.1) is 5.92 Å². The topological polar surface area (TPSA) is 29.3 Å². The lowest BCUT2D eigenvalue weighted by Gasteiger charge is -2.34. The van der Waals surface area contributed by atoms with Crippen LogP contribution in [0.1, 0.15) is 18.9 Å². The van der Waals surface area contributed by atoms with Crippen molar-refractivity contribution in [3.63, 3.8) is 0 Å². The molecule has 2 heteroatoms. The molecule has 0 radical (unpaired) electrons. The standard InChI is InChI=1S/C13H20N2/c1-11-7-13(14)10-15(8-11)9-12-5-3-2-4-6-12/h2-6,11,13H,7-10,14H2,1H3/t11-,13-/m1/s1. The number of rotatable bonds is 2. The molecule has 0 spiro atoms. The molecule has 1 fully saturated rings. The van der Waals surface area contributed by atoms with Gasteiger partial charge in [0, 0.05) is 25.7 Å². The van der Waals surface area contributed by atoms with Crippen LogP contribution in [0.15, 0.2) is 30.3 Å². The minimum absolute atomic E-state index is 0.359. The highest BCUT2D eigenvalue weighted by molar-refractivity contribution is 5.14. The van der Waals surface area contributed by atoms with Crippen molar-refractivity contribution in [3.8, 4) is 0 Å². The molecule has 0 aliphatic carbocycles. The van der Waals surface area contributed by atoms with E-state index in [9.17, 15) is 0 Å². The van der Waals surface area contributed by atoms with Crippen LogP contribution >= 0.6 is 0 Å². The first-order chi connectivity index (χ1) is 7.24. The van der Waals surface area contributed by atoms with Gasteiger partial charge in [-0.2, -0.15) is 0 Å². The van der Waals surface area contributed by atoms with Gasteiger partial charge in [0.15, 0.2) is 0 Å². The monoisotopic (exact) mass is 204 g/mol. The molecular formula is C13H20N2. The maximum absolute atomic E-state index is 6.03. The van der Waals surface area contributed by atoms with Crippen molar-refractivity contribution in [2.75, 3.05) is 13.1 Å². The van der Waals surface area contributed by atoms with Crippen molar-refractivity contribution in [3.05, 3.63) is 35.9 Å². The van der Waals surface area contributed by atoms with E-state index in [-0.39, 0.29) is 0 Å². The minimum Gasteiger partial charge on any atom is -0.327 e. The lowest BCUT2D eigenvalue weighted by Crippen LogP contribution is -2.45. The van der Waals surface area contributed by atoms with Gasteiger partial charge < -0.3 is 5.73 Å². The van der Waals surface area contributed by atoms with E-state index in [2.05, 4.69) is 42.2 Å². The molecule has 2 nitrogen and oxygen atoms in total. The Kier molecular flexibility index (Phi) is 3.39. The summed E-state index contributed by atoms with van der Waals surface area (Å²) in [7, 11) is 0. The molecule has 0 unspecified atom stereocenters. The fourth-order valence-corrected chi connectivity index (χ4v) is 2.48. The molecule has 1 aromatic rings. The maximum atomic E-state index is 6.03. The van der Waals surface area contributed by atoms with E-state index >= 15 is 0 Å². The van der Waals surface area contributed by atoms with Crippen LogP contribution in [-0.2, 0) is 6.54 Å². The number of benzene rings is 1. The normalized spacial score (nSPS) is 27.9. The summed E-state index contributed by atoms with van der Waals surface area (Å²) in [6.45, 7) is 5.55. The second-order valence-corrected chi connectivity index (χ2v) is 4.78. The highest BCUT2D eigenvalue weighted by atomic mass is 15.1. The first-order valence-electron chi connectivity index (χ1n) is 5.76. The summed E-state index contributed by atoms with van der Waals surface area (Å²) in [5, 5.41) is 0. The number of nitrogens with two attached hydrogens (primary N) is 1. The molecule has 0 amide bonds. The van der Waals surface area contributed by atoms with E-state index in [4.69, 9.17) is 5.73 Å². The molecule has 0 saturated carbocycles. The molecular weight excluding hydrogens is 184 g/mol. The molecule has 1 heterocycles. The molecule has 0 aromatic heterocycles. The smallest absolute Gasteiger partial charge is 0.0234 e. The van der Waals surface area contributed by atoms with Crippen LogP contribution in [0.4, 0.5) is 0 Å². The number of hydrogen-bond donors (Lipinski definition) is 1. The van der Waals surface area contributed by atoms with Gasteiger partial charge in [-0.3, -0.25) is 4.90 Å². The molecule has 0 bridgehead atoms. The average Bonchev–Trinajstić information content (AvgIpc) is 2.17. The summed E-state index contributed by atoms with van der Waals surface area (Å²) in [6, 6.07) is 11.0. The highest BCUT2D eigenvalue weighted by Crippen LogP contribution is 2.17. The third-order valence-electron chi connectivity index (χ3n) is 3.02. The minimum atomic E-state index is 0.359. The van der Waals surface area contributed by atoms with Gasteiger partial charge >= 0.3 is 0 Å². The van der Waals surface area contributed by atoms with Crippen LogP contribution < -0.4 is 5.73 Å². The lowest BCUT2D eigenvalue weighted by molar-refractivity contribution is 0.158. The molecule has 1 aliphatic heterocycles. The number of nitrogens with zero attached hydrogens (tertiary/aromatic N) is 1. The molecule has 2 atom stereocenters. The Morgan fingerprint density at radius 1 is 1.27 bits per heavy atom. The zero-order valence-corrected chi connectivity index (χ0v) is 9.39. The first kappa shape index (κ1) is 10.7. The van der Waals surface area contributed by atoms with Crippen molar-refractivity contribution in [1.29, 1.82) is 0 Å². The zero-order chi connectivity index (χ0) is 10.7. The fraction of sp³-hybridized carbons (Fsp3) is 0.538. The average molecular weight is 204 g/mol. The van der Waals surface area contributed by atoms with Gasteiger partial charge in [-0.25, -0.2) is 0 Å². The van der Waals surface area contributed by atoms with Crippen molar-refractivity contribution in [2.45, 2.75) is 25.9 Å². The molecule has 1 aromatic carbocycles. The summed E-state index contributed by atoms with van der Waals surface area (Å²) in [4.78, 5) is 2.47. The summed E-state index contributed by atoms with van der Waals surface area (Å²) in [6.07, 6.45) is 1.17. The Morgan fingerprint density at radius 2 is 2.00 bits per heavy atom. The van der Waals surface area contributed by atoms with Crippen LogP contribution in [0.5, 0.6) is 0 Å². The van der Waals surface area contributed by atoms with E-state index < -0.39 is 0 Å². The van der Waals surface area contributed by atoms with Crippen LogP contribution in [0.25, 0.3) is 0 Å². The van der Waals surface area contributed by atoms with Gasteiger partial charge in [0.2, 0.25) is 0 Å². The van der Waals surface area contributed by atoms with E-state index in [1.807, 2.05) is 0 Å². The Balaban J connectivity index is 1.94. The molecule has 2 rings (SSSR count). The van der Waals surface area contributed by atoms with Crippen LogP contribution in [-0.4, -0.2) is 24.0 Å². The third-order valence-corrected chi connectivity index (χ3v) is 3.02. The molecule has 15 heavy (non-hydrogen) atoms. The van der Waals surface area contributed by atoms with E-state index in [0.717, 1.165) is 19.0 Å². The van der Waals surface area contributed by atoms with Crippen molar-refractivity contribution in [2.24, 2.45) is 11.7 Å². The third kappa shape index (κ3) is 3.05. The highest BCUT2D eigenvalue weighted by Gasteiger charge is 2.21. The van der Waals surface area contributed by atoms with E-state index in [0.29, 0.717) is 6.04 Å². The molecule has 2 N–H and O–H groups in total. The second-order valence-electron chi connectivity index (χ2n) is 4.78. The SMILES string of the molecule is C[C@@H]1C[C@@H](N)CN(Cc2ccccc2)C1. The maximum Gasteiger partial charge on any atom is 0.0234 e. The van der Waals surface area contributed by atoms with Gasteiger partial charge in [-0.05, 0) is 17.9 Å². The van der Waals surface area contributed by atoms with E-state index in [1.165, 1.54) is 18.5 Å². The quantitative estimate of drug-likeness (QED) is 0.796. The fourth-order valence-electron chi connectivity index (χ4n) is 2.48. The van der Waals surface area contributed by atoms with Gasteiger partial charge in [0.05, 0.1) is 0 Å². The molecule has 1 saturated heterocycles. The summed E-state index contributed by atoms with van der Waals surface area (Å²) in [5.41, 5.74) is 7.42. The lowest BCUT2D eigenvalue weighted by atomic mass is 9.96. The summed E-state index contributed by atoms with van der Waals surface area (Å²) >= 11 is 0. The predicted octanol–water partition coefficient (Wildman–Crippen LogP) is 1.86. The van der Waals surface area contributed by atoms with Crippen LogP contribution in [0.2, 0.25) is 0 Å². The Bertz CT molecular complexity index is 287. The predicted molar refractivity (Wildman–Crippen MR) is 63.5 cm³/mol. The molecule has 1 aliphatic rings. The molecule has 82 valence electrons. The summed E-state index contributed by atoms with van der Waals surface area (Å²) in [5.74, 6) is 0.734. The number of piperidine rings is 1. The van der Waals surface area contributed by atoms with Crippen molar-refractivity contribution >= 4 is 0 Å². The number of likely N-dealkylation sites (tertiary alicyclic amines) is 1. The summed E-state index contributed by atoms with van der Waals surface area (Å²) < 4.78 is 0. The van der Waals surface area contributed by atoms with Crippen molar-refractivity contribution < 1.29 is 0 Å². The Morgan fingerprint density at radius 3 is 2.67 bits per heavy atom. The second kappa shape index (κ2) is 4.77. The Hall–Kier alpha value is -0.860. The number of hydrogen-bond acceptors (Lipinski definition) is 2. The Labute approximate surface area is 92.1 Å². The van der Waals surface area contributed by atoms with Gasteiger partial charge in [0.1, 0.15) is 0 Å². The zero-order valence-electron chi connectivity index (χ0n) is 9.39. The van der Waals surface area contributed by atoms with Gasteiger partial charge in [-0.15, -0.1) is 0 Å². The van der Waals surface area contributed by atoms with E-state index in [1.54, 1.807) is 0 Å². The largest absolute Gasteiger partial charge is 0.327 e. The van der Waals surface area contributed by atoms with Gasteiger partial charge in [-0.1, -0.05) is 37.3 Å². The van der Waals surface area contributed by atoms with Crippen molar-refractivity contribution in [1.82, 2.24) is 4.90 Å². The first-order valence-corrected chi connectivity index (χ1v) is 5.76.